The minimum atomic E-state index is 0.120. The van der Waals surface area contributed by atoms with E-state index >= 15 is 0 Å². The monoisotopic (exact) mass is 348 g/mol. The van der Waals surface area contributed by atoms with Crippen molar-refractivity contribution >= 4 is 18.1 Å². The summed E-state index contributed by atoms with van der Waals surface area (Å²) in [5.41, 5.74) is 0.849. The zero-order chi connectivity index (χ0) is 17.1. The largest absolute Gasteiger partial charge is 0.497 e. The SMILES string of the molecule is COc1ccc(-c2nn(CN3CCN(C(C)=O)CC3)c(=S)o2)cc1. The fourth-order valence-electron chi connectivity index (χ4n) is 2.64. The Morgan fingerprint density at radius 1 is 1.25 bits per heavy atom. The normalized spacial score (nSPS) is 15.5. The lowest BCUT2D eigenvalue weighted by atomic mass is 10.2. The highest BCUT2D eigenvalue weighted by atomic mass is 32.1. The molecular formula is C16H20N4O3S. The predicted octanol–water partition coefficient (Wildman–Crippen LogP) is 2.00. The van der Waals surface area contributed by atoms with Crippen molar-refractivity contribution in [1.29, 1.82) is 0 Å². The van der Waals surface area contributed by atoms with Gasteiger partial charge in [-0.05, 0) is 36.5 Å². The Morgan fingerprint density at radius 2 is 1.92 bits per heavy atom. The van der Waals surface area contributed by atoms with E-state index in [-0.39, 0.29) is 5.91 Å². The zero-order valence-corrected chi connectivity index (χ0v) is 14.6. The third kappa shape index (κ3) is 3.65. The summed E-state index contributed by atoms with van der Waals surface area (Å²) < 4.78 is 12.4. The van der Waals surface area contributed by atoms with E-state index in [4.69, 9.17) is 21.4 Å². The van der Waals surface area contributed by atoms with Gasteiger partial charge in [-0.15, -0.1) is 5.10 Å². The first-order chi connectivity index (χ1) is 11.6. The van der Waals surface area contributed by atoms with Gasteiger partial charge in [-0.1, -0.05) is 0 Å². The van der Waals surface area contributed by atoms with Gasteiger partial charge in [0.05, 0.1) is 13.8 Å². The molecular weight excluding hydrogens is 328 g/mol. The van der Waals surface area contributed by atoms with Gasteiger partial charge >= 0.3 is 0 Å². The van der Waals surface area contributed by atoms with Crippen molar-refractivity contribution in [2.45, 2.75) is 13.6 Å². The number of aromatic nitrogens is 2. The van der Waals surface area contributed by atoms with Crippen LogP contribution in [0.15, 0.2) is 28.7 Å². The van der Waals surface area contributed by atoms with Gasteiger partial charge in [-0.25, -0.2) is 4.68 Å². The van der Waals surface area contributed by atoms with E-state index in [9.17, 15) is 4.79 Å². The van der Waals surface area contributed by atoms with Crippen LogP contribution in [0.25, 0.3) is 11.5 Å². The molecule has 3 rings (SSSR count). The molecule has 0 unspecified atom stereocenters. The molecule has 0 N–H and O–H groups in total. The van der Waals surface area contributed by atoms with Crippen molar-refractivity contribution < 1.29 is 13.9 Å². The van der Waals surface area contributed by atoms with Crippen LogP contribution in [0.1, 0.15) is 6.92 Å². The average Bonchev–Trinajstić information content (AvgIpc) is 2.96. The highest BCUT2D eigenvalue weighted by molar-refractivity contribution is 7.71. The quantitative estimate of drug-likeness (QED) is 0.788. The molecule has 1 saturated heterocycles. The second-order valence-electron chi connectivity index (χ2n) is 5.67. The Morgan fingerprint density at radius 3 is 2.50 bits per heavy atom. The molecule has 0 radical (unpaired) electrons. The first kappa shape index (κ1) is 16.7. The van der Waals surface area contributed by atoms with Gasteiger partial charge in [0, 0.05) is 38.7 Å². The number of ether oxygens (including phenoxy) is 1. The Balaban J connectivity index is 1.68. The maximum atomic E-state index is 11.4. The van der Waals surface area contributed by atoms with Crippen molar-refractivity contribution in [3.8, 4) is 17.2 Å². The molecule has 0 bridgehead atoms. The van der Waals surface area contributed by atoms with Crippen LogP contribution in [0.5, 0.6) is 5.75 Å². The van der Waals surface area contributed by atoms with E-state index in [1.807, 2.05) is 29.2 Å². The Bertz CT molecular complexity index is 760. The second-order valence-corrected chi connectivity index (χ2v) is 6.02. The molecule has 0 aliphatic carbocycles. The lowest BCUT2D eigenvalue weighted by Crippen LogP contribution is -2.48. The van der Waals surface area contributed by atoms with E-state index in [1.54, 1.807) is 18.7 Å². The fraction of sp³-hybridized carbons (Fsp3) is 0.438. The molecule has 0 spiro atoms. The zero-order valence-electron chi connectivity index (χ0n) is 13.8. The molecule has 0 saturated carbocycles. The van der Waals surface area contributed by atoms with Gasteiger partial charge in [0.25, 0.3) is 4.84 Å². The van der Waals surface area contributed by atoms with Crippen molar-refractivity contribution in [2.24, 2.45) is 0 Å². The van der Waals surface area contributed by atoms with Gasteiger partial charge < -0.3 is 14.1 Å². The minimum Gasteiger partial charge on any atom is -0.497 e. The van der Waals surface area contributed by atoms with Crippen molar-refractivity contribution in [3.05, 3.63) is 29.1 Å². The molecule has 1 fully saturated rings. The van der Waals surface area contributed by atoms with Crippen LogP contribution in [-0.4, -0.2) is 58.8 Å². The summed E-state index contributed by atoms with van der Waals surface area (Å²) in [7, 11) is 1.63. The van der Waals surface area contributed by atoms with Crippen molar-refractivity contribution in [2.75, 3.05) is 33.3 Å². The summed E-state index contributed by atoms with van der Waals surface area (Å²) in [4.78, 5) is 15.8. The molecule has 1 amide bonds. The van der Waals surface area contributed by atoms with Crippen LogP contribution >= 0.6 is 12.2 Å². The van der Waals surface area contributed by atoms with E-state index in [2.05, 4.69) is 10.00 Å². The van der Waals surface area contributed by atoms with Gasteiger partial charge in [-0.3, -0.25) is 9.69 Å². The summed E-state index contributed by atoms with van der Waals surface area (Å²) in [6, 6.07) is 7.48. The number of benzene rings is 1. The summed E-state index contributed by atoms with van der Waals surface area (Å²) in [6.45, 7) is 5.21. The third-order valence-electron chi connectivity index (χ3n) is 4.09. The van der Waals surface area contributed by atoms with Crippen LogP contribution in [0.4, 0.5) is 0 Å². The number of hydrogen-bond acceptors (Lipinski definition) is 6. The lowest BCUT2D eigenvalue weighted by molar-refractivity contribution is -0.130. The van der Waals surface area contributed by atoms with Crippen LogP contribution in [0.3, 0.4) is 0 Å². The number of hydrogen-bond donors (Lipinski definition) is 0. The number of nitrogens with zero attached hydrogens (tertiary/aromatic N) is 4. The number of carbonyl (C=O) groups is 1. The molecule has 7 nitrogen and oxygen atoms in total. The first-order valence-corrected chi connectivity index (χ1v) is 8.18. The maximum absolute atomic E-state index is 11.4. The Labute approximate surface area is 145 Å². The van der Waals surface area contributed by atoms with Gasteiger partial charge in [0.1, 0.15) is 5.75 Å². The van der Waals surface area contributed by atoms with E-state index in [1.165, 1.54) is 0 Å². The maximum Gasteiger partial charge on any atom is 0.288 e. The minimum absolute atomic E-state index is 0.120. The third-order valence-corrected chi connectivity index (χ3v) is 4.39. The number of amides is 1. The number of piperazine rings is 1. The van der Waals surface area contributed by atoms with E-state index in [0.717, 1.165) is 37.5 Å². The topological polar surface area (TPSA) is 63.7 Å². The van der Waals surface area contributed by atoms with Crippen molar-refractivity contribution in [3.63, 3.8) is 0 Å². The highest BCUT2D eigenvalue weighted by Crippen LogP contribution is 2.21. The van der Waals surface area contributed by atoms with Crippen LogP contribution < -0.4 is 4.74 Å². The van der Waals surface area contributed by atoms with Gasteiger partial charge in [0.2, 0.25) is 11.8 Å². The molecule has 24 heavy (non-hydrogen) atoms. The molecule has 128 valence electrons. The Hall–Kier alpha value is -2.19. The summed E-state index contributed by atoms with van der Waals surface area (Å²) in [5, 5.41) is 4.47. The molecule has 1 aliphatic rings. The van der Waals surface area contributed by atoms with Crippen LogP contribution in [0, 0.1) is 4.84 Å². The summed E-state index contributed by atoms with van der Waals surface area (Å²) in [5.74, 6) is 1.39. The number of carbonyl (C=O) groups excluding carboxylic acids is 1. The molecule has 2 aromatic rings. The molecule has 1 aromatic heterocycles. The van der Waals surface area contributed by atoms with Crippen LogP contribution in [-0.2, 0) is 11.5 Å². The van der Waals surface area contributed by atoms with Gasteiger partial charge in [0.15, 0.2) is 0 Å². The fourth-order valence-corrected chi connectivity index (χ4v) is 2.82. The summed E-state index contributed by atoms with van der Waals surface area (Å²) in [6.07, 6.45) is 0. The van der Waals surface area contributed by atoms with Crippen LogP contribution in [0.2, 0.25) is 0 Å². The summed E-state index contributed by atoms with van der Waals surface area (Å²) >= 11 is 5.27. The average molecular weight is 348 g/mol. The molecule has 1 aliphatic heterocycles. The molecule has 2 heterocycles. The molecule has 0 atom stereocenters. The molecule has 1 aromatic carbocycles. The van der Waals surface area contributed by atoms with E-state index < -0.39 is 0 Å². The predicted molar refractivity (Wildman–Crippen MR) is 91.1 cm³/mol. The second kappa shape index (κ2) is 7.14. The number of rotatable bonds is 4. The lowest BCUT2D eigenvalue weighted by Gasteiger charge is -2.33. The number of methoxy groups -OCH3 is 1. The first-order valence-electron chi connectivity index (χ1n) is 7.77. The highest BCUT2D eigenvalue weighted by Gasteiger charge is 2.19. The van der Waals surface area contributed by atoms with Gasteiger partial charge in [-0.2, -0.15) is 0 Å². The molecule has 8 heteroatoms. The van der Waals surface area contributed by atoms with Crippen molar-refractivity contribution in [1.82, 2.24) is 19.6 Å². The van der Waals surface area contributed by atoms with E-state index in [0.29, 0.717) is 17.4 Å². The smallest absolute Gasteiger partial charge is 0.288 e. The Kier molecular flexibility index (Phi) is 4.96. The standard InChI is InChI=1S/C16H20N4O3S/c1-12(21)19-9-7-18(8-10-19)11-20-16(24)23-15(17-20)13-3-5-14(22-2)6-4-13/h3-6H,7-11H2,1-2H3.